The number of halogens is 4. The number of likely N-dealkylation sites (N-methyl/N-ethyl adjacent to an activating group) is 1. The number of alkyl halides is 3. The van der Waals surface area contributed by atoms with E-state index in [-0.39, 0.29) is 23.9 Å². The highest BCUT2D eigenvalue weighted by Crippen LogP contribution is 2.29. The van der Waals surface area contributed by atoms with Crippen molar-refractivity contribution in [3.05, 3.63) is 71.0 Å². The van der Waals surface area contributed by atoms with E-state index in [1.54, 1.807) is 13.8 Å². The van der Waals surface area contributed by atoms with Gasteiger partial charge < -0.3 is 10.2 Å². The molecule has 0 saturated carbocycles. The van der Waals surface area contributed by atoms with Crippen LogP contribution < -0.4 is 5.32 Å². The van der Waals surface area contributed by atoms with Crippen molar-refractivity contribution < 1.29 is 27.2 Å². The number of hydrogen-bond donors (Lipinski definition) is 1. The van der Waals surface area contributed by atoms with Gasteiger partial charge in [0.25, 0.3) is 5.91 Å². The van der Waals surface area contributed by atoms with Crippen LogP contribution in [0.25, 0.3) is 0 Å². The summed E-state index contributed by atoms with van der Waals surface area (Å²) < 4.78 is 51.0. The predicted octanol–water partition coefficient (Wildman–Crippen LogP) is 4.26. The van der Waals surface area contributed by atoms with Crippen LogP contribution in [-0.4, -0.2) is 29.8 Å². The van der Waals surface area contributed by atoms with Gasteiger partial charge in [-0.3, -0.25) is 9.59 Å². The highest BCUT2D eigenvalue weighted by Gasteiger charge is 2.30. The first kappa shape index (κ1) is 22.4. The van der Waals surface area contributed by atoms with Crippen LogP contribution in [0.15, 0.2) is 48.5 Å². The second-order valence-corrected chi connectivity index (χ2v) is 7.09. The van der Waals surface area contributed by atoms with Crippen LogP contribution in [-0.2, 0) is 17.5 Å². The minimum Gasteiger partial charge on any atom is -0.340 e. The van der Waals surface area contributed by atoms with Crippen molar-refractivity contribution in [1.29, 1.82) is 0 Å². The summed E-state index contributed by atoms with van der Waals surface area (Å²) in [6, 6.07) is 8.65. The fourth-order valence-corrected chi connectivity index (χ4v) is 2.73. The second-order valence-electron chi connectivity index (χ2n) is 7.09. The molecule has 1 N–H and O–H groups in total. The Kier molecular flexibility index (Phi) is 7.00. The SMILES string of the molecule is CC(C)[C@H](NC(=O)c1ccc(F)cc1)C(=O)N(C)Cc1ccc(C(F)(F)F)cc1. The van der Waals surface area contributed by atoms with Crippen LogP contribution >= 0.6 is 0 Å². The molecule has 0 heterocycles. The van der Waals surface area contributed by atoms with Gasteiger partial charge in [0.2, 0.25) is 5.91 Å². The normalized spacial score (nSPS) is 12.6. The maximum Gasteiger partial charge on any atom is 0.416 e. The number of nitrogens with zero attached hydrogens (tertiary/aromatic N) is 1. The minimum absolute atomic E-state index is 0.0899. The zero-order valence-corrected chi connectivity index (χ0v) is 16.3. The number of benzene rings is 2. The van der Waals surface area contributed by atoms with E-state index in [4.69, 9.17) is 0 Å². The third-order valence-electron chi connectivity index (χ3n) is 4.40. The van der Waals surface area contributed by atoms with Crippen molar-refractivity contribution in [2.75, 3.05) is 7.05 Å². The van der Waals surface area contributed by atoms with E-state index >= 15 is 0 Å². The van der Waals surface area contributed by atoms with E-state index in [1.807, 2.05) is 0 Å². The van der Waals surface area contributed by atoms with Gasteiger partial charge in [-0.15, -0.1) is 0 Å². The summed E-state index contributed by atoms with van der Waals surface area (Å²) >= 11 is 0. The molecule has 1 atom stereocenters. The molecule has 2 amide bonds. The quantitative estimate of drug-likeness (QED) is 0.724. The minimum atomic E-state index is -4.42. The highest BCUT2D eigenvalue weighted by molar-refractivity contribution is 5.97. The topological polar surface area (TPSA) is 49.4 Å². The largest absolute Gasteiger partial charge is 0.416 e. The maximum absolute atomic E-state index is 13.0. The first-order valence-electron chi connectivity index (χ1n) is 8.96. The van der Waals surface area contributed by atoms with Gasteiger partial charge in [0.15, 0.2) is 0 Å². The number of carbonyl (C=O) groups is 2. The average Bonchev–Trinajstić information content (AvgIpc) is 2.65. The molecule has 0 unspecified atom stereocenters. The first-order valence-corrected chi connectivity index (χ1v) is 8.96. The lowest BCUT2D eigenvalue weighted by molar-refractivity contribution is -0.137. The summed E-state index contributed by atoms with van der Waals surface area (Å²) in [5.74, 6) is -1.60. The van der Waals surface area contributed by atoms with E-state index in [0.717, 1.165) is 24.3 Å². The fraction of sp³-hybridized carbons (Fsp3) is 0.333. The number of rotatable bonds is 6. The van der Waals surface area contributed by atoms with Crippen LogP contribution in [0.3, 0.4) is 0 Å². The van der Waals surface area contributed by atoms with E-state index in [9.17, 15) is 27.2 Å². The summed E-state index contributed by atoms with van der Waals surface area (Å²) in [6.07, 6.45) is -4.42. The Morgan fingerprint density at radius 1 is 1.00 bits per heavy atom. The zero-order chi connectivity index (χ0) is 21.8. The molecule has 156 valence electrons. The number of nitrogens with one attached hydrogen (secondary N) is 1. The molecular formula is C21H22F4N2O2. The highest BCUT2D eigenvalue weighted by atomic mass is 19.4. The summed E-state index contributed by atoms with van der Waals surface area (Å²) in [7, 11) is 1.51. The average molecular weight is 410 g/mol. The van der Waals surface area contributed by atoms with Crippen LogP contribution in [0.2, 0.25) is 0 Å². The molecule has 0 aliphatic rings. The lowest BCUT2D eigenvalue weighted by atomic mass is 10.0. The molecule has 0 aliphatic carbocycles. The Balaban J connectivity index is 2.07. The van der Waals surface area contributed by atoms with Gasteiger partial charge >= 0.3 is 6.18 Å². The Bertz CT molecular complexity index is 846. The molecular weight excluding hydrogens is 388 g/mol. The van der Waals surface area contributed by atoms with E-state index in [1.165, 1.54) is 36.2 Å². The van der Waals surface area contributed by atoms with E-state index in [2.05, 4.69) is 5.32 Å². The summed E-state index contributed by atoms with van der Waals surface area (Å²) in [5.41, 5.74) is -0.0155. The van der Waals surface area contributed by atoms with Crippen molar-refractivity contribution in [3.63, 3.8) is 0 Å². The lowest BCUT2D eigenvalue weighted by Crippen LogP contribution is -2.50. The molecule has 2 aromatic carbocycles. The van der Waals surface area contributed by atoms with Gasteiger partial charge in [0.05, 0.1) is 5.56 Å². The van der Waals surface area contributed by atoms with Crippen molar-refractivity contribution >= 4 is 11.8 Å². The van der Waals surface area contributed by atoms with Crippen LogP contribution in [0, 0.1) is 11.7 Å². The summed E-state index contributed by atoms with van der Waals surface area (Å²) in [4.78, 5) is 26.5. The third kappa shape index (κ3) is 6.04. The maximum atomic E-state index is 13.0. The van der Waals surface area contributed by atoms with Crippen molar-refractivity contribution in [3.8, 4) is 0 Å². The van der Waals surface area contributed by atoms with E-state index < -0.39 is 29.5 Å². The van der Waals surface area contributed by atoms with Crippen LogP contribution in [0.5, 0.6) is 0 Å². The molecule has 0 radical (unpaired) electrons. The summed E-state index contributed by atoms with van der Waals surface area (Å²) in [6.45, 7) is 3.62. The number of hydrogen-bond acceptors (Lipinski definition) is 2. The molecule has 0 aromatic heterocycles. The van der Waals surface area contributed by atoms with Crippen molar-refractivity contribution in [2.24, 2.45) is 5.92 Å². The van der Waals surface area contributed by atoms with Crippen molar-refractivity contribution in [1.82, 2.24) is 10.2 Å². The van der Waals surface area contributed by atoms with Gasteiger partial charge in [-0.05, 0) is 47.9 Å². The third-order valence-corrected chi connectivity index (χ3v) is 4.40. The van der Waals surface area contributed by atoms with Crippen LogP contribution in [0.4, 0.5) is 17.6 Å². The Hall–Kier alpha value is -2.90. The van der Waals surface area contributed by atoms with Crippen LogP contribution in [0.1, 0.15) is 35.3 Å². The van der Waals surface area contributed by atoms with E-state index in [0.29, 0.717) is 5.56 Å². The molecule has 29 heavy (non-hydrogen) atoms. The number of carbonyl (C=O) groups excluding carboxylic acids is 2. The zero-order valence-electron chi connectivity index (χ0n) is 16.3. The molecule has 0 fully saturated rings. The summed E-state index contributed by atoms with van der Waals surface area (Å²) in [5, 5.41) is 2.65. The monoisotopic (exact) mass is 410 g/mol. The standard InChI is InChI=1S/C21H22F4N2O2/c1-13(2)18(26-19(28)15-6-10-17(22)11-7-15)20(29)27(3)12-14-4-8-16(9-5-14)21(23,24)25/h4-11,13,18H,12H2,1-3H3,(H,26,28)/t18-/m0/s1. The predicted molar refractivity (Wildman–Crippen MR) is 100 cm³/mol. The Morgan fingerprint density at radius 2 is 1.55 bits per heavy atom. The van der Waals surface area contributed by atoms with Gasteiger partial charge in [-0.2, -0.15) is 13.2 Å². The van der Waals surface area contributed by atoms with Crippen molar-refractivity contribution in [2.45, 2.75) is 32.6 Å². The van der Waals surface area contributed by atoms with Gasteiger partial charge in [-0.1, -0.05) is 26.0 Å². The molecule has 2 rings (SSSR count). The molecule has 8 heteroatoms. The smallest absolute Gasteiger partial charge is 0.340 e. The molecule has 0 bridgehead atoms. The fourth-order valence-electron chi connectivity index (χ4n) is 2.73. The first-order chi connectivity index (χ1) is 13.5. The molecule has 4 nitrogen and oxygen atoms in total. The second kappa shape index (κ2) is 9.07. The number of amides is 2. The van der Waals surface area contributed by atoms with Gasteiger partial charge in [0.1, 0.15) is 11.9 Å². The molecule has 2 aromatic rings. The molecule has 0 spiro atoms. The lowest BCUT2D eigenvalue weighted by Gasteiger charge is -2.27. The molecule has 0 saturated heterocycles. The van der Waals surface area contributed by atoms with Gasteiger partial charge in [-0.25, -0.2) is 4.39 Å². The molecule has 0 aliphatic heterocycles. The Labute approximate surface area is 166 Å². The Morgan fingerprint density at radius 3 is 2.03 bits per heavy atom. The van der Waals surface area contributed by atoms with Gasteiger partial charge in [0, 0.05) is 19.2 Å².